The van der Waals surface area contributed by atoms with Gasteiger partial charge in [-0.05, 0) is 81.9 Å². The zero-order valence-corrected chi connectivity index (χ0v) is 37.9. The molecule has 0 radical (unpaired) electrons. The monoisotopic (exact) mass is 898 g/mol. The first-order chi connectivity index (χ1) is 34.2. The van der Waals surface area contributed by atoms with Crippen molar-refractivity contribution in [3.63, 3.8) is 0 Å². The number of aromatic nitrogens is 4. The van der Waals surface area contributed by atoms with E-state index in [0.29, 0.717) is 17.5 Å². The summed E-state index contributed by atoms with van der Waals surface area (Å²) in [5, 5.41) is 7.12. The van der Waals surface area contributed by atoms with E-state index in [2.05, 4.69) is 211 Å². The smallest absolute Gasteiger partial charge is 0.164 e. The number of nitrogens with zero attached hydrogens (tertiary/aromatic N) is 4. The van der Waals surface area contributed by atoms with Crippen molar-refractivity contribution in [1.82, 2.24) is 19.5 Å². The predicted molar refractivity (Wildman–Crippen MR) is 287 cm³/mol. The van der Waals surface area contributed by atoms with E-state index in [9.17, 15) is 0 Å². The maximum absolute atomic E-state index is 6.49. The third-order valence-corrected chi connectivity index (χ3v) is 14.7. The number of para-hydroxylation sites is 2. The molecule has 0 fully saturated rings. The number of hydrogen-bond donors (Lipinski definition) is 0. The third kappa shape index (κ3) is 6.64. The summed E-state index contributed by atoms with van der Waals surface area (Å²) < 4.78 is 11.5. The van der Waals surface area contributed by atoms with Crippen LogP contribution in [0.3, 0.4) is 0 Å². The van der Waals surface area contributed by atoms with Crippen molar-refractivity contribution in [2.75, 3.05) is 0 Å². The van der Waals surface area contributed by atoms with Crippen LogP contribution in [0, 0.1) is 0 Å². The lowest BCUT2D eigenvalue weighted by Crippen LogP contribution is -2.02. The van der Waals surface area contributed by atoms with Gasteiger partial charge in [0.25, 0.3) is 0 Å². The molecule has 4 heterocycles. The lowest BCUT2D eigenvalue weighted by molar-refractivity contribution is 0.669. The Morgan fingerprint density at radius 2 is 0.812 bits per heavy atom. The molecule has 0 saturated carbocycles. The lowest BCUT2D eigenvalue weighted by Gasteiger charge is -2.15. The van der Waals surface area contributed by atoms with E-state index in [1.54, 1.807) is 0 Å². The van der Waals surface area contributed by atoms with Gasteiger partial charge >= 0.3 is 0 Å². The second kappa shape index (κ2) is 15.8. The molecule has 0 aliphatic heterocycles. The van der Waals surface area contributed by atoms with Gasteiger partial charge in [-0.25, -0.2) is 15.0 Å². The molecule has 0 atom stereocenters. The minimum absolute atomic E-state index is 0.579. The molecule has 0 bridgehead atoms. The summed E-state index contributed by atoms with van der Waals surface area (Å²) in [5.74, 6) is 1.78. The Morgan fingerprint density at radius 3 is 1.51 bits per heavy atom. The fourth-order valence-electron chi connectivity index (χ4n) is 10.1. The molecular formula is C63H38N4OS. The molecule has 0 unspecified atom stereocenters. The van der Waals surface area contributed by atoms with Crippen molar-refractivity contribution >= 4 is 75.3 Å². The van der Waals surface area contributed by atoms with Crippen molar-refractivity contribution in [3.05, 3.63) is 231 Å². The Morgan fingerprint density at radius 1 is 0.319 bits per heavy atom. The number of hydrogen-bond acceptors (Lipinski definition) is 5. The average Bonchev–Trinajstić information content (AvgIpc) is 4.11. The minimum atomic E-state index is 0.579. The summed E-state index contributed by atoms with van der Waals surface area (Å²) in [5.41, 5.74) is 14.3. The number of benzene rings is 10. The van der Waals surface area contributed by atoms with Gasteiger partial charge in [0.1, 0.15) is 11.2 Å². The van der Waals surface area contributed by atoms with Gasteiger partial charge in [-0.3, -0.25) is 0 Å². The normalized spacial score (nSPS) is 11.8. The Hall–Kier alpha value is -8.97. The van der Waals surface area contributed by atoms with Gasteiger partial charge in [-0.1, -0.05) is 182 Å². The van der Waals surface area contributed by atoms with Crippen LogP contribution >= 0.6 is 11.3 Å². The molecule has 5 nitrogen and oxygen atoms in total. The van der Waals surface area contributed by atoms with E-state index in [1.165, 1.54) is 36.5 Å². The van der Waals surface area contributed by atoms with E-state index in [-0.39, 0.29) is 0 Å². The summed E-state index contributed by atoms with van der Waals surface area (Å²) in [6.45, 7) is 0. The van der Waals surface area contributed by atoms with Crippen LogP contribution in [0.5, 0.6) is 0 Å². The molecule has 0 spiro atoms. The largest absolute Gasteiger partial charge is 0.456 e. The fraction of sp³-hybridized carbons (Fsp3) is 0. The number of rotatable bonds is 7. The summed E-state index contributed by atoms with van der Waals surface area (Å²) in [6, 6.07) is 81.6. The molecule has 14 rings (SSSR count). The first kappa shape index (κ1) is 39.2. The van der Waals surface area contributed by atoms with E-state index >= 15 is 0 Å². The van der Waals surface area contributed by atoms with E-state index in [1.807, 2.05) is 35.6 Å². The molecular weight excluding hydrogens is 861 g/mol. The molecule has 69 heavy (non-hydrogen) atoms. The van der Waals surface area contributed by atoms with E-state index in [4.69, 9.17) is 19.4 Å². The van der Waals surface area contributed by atoms with Gasteiger partial charge in [0.15, 0.2) is 17.5 Å². The highest BCUT2D eigenvalue weighted by molar-refractivity contribution is 7.26. The molecule has 322 valence electrons. The molecule has 14 aromatic rings. The fourth-order valence-corrected chi connectivity index (χ4v) is 11.3. The Bertz CT molecular complexity index is 4180. The quantitative estimate of drug-likeness (QED) is 0.160. The highest BCUT2D eigenvalue weighted by atomic mass is 32.1. The van der Waals surface area contributed by atoms with Crippen LogP contribution in [0.2, 0.25) is 0 Å². The van der Waals surface area contributed by atoms with Gasteiger partial charge < -0.3 is 8.98 Å². The zero-order chi connectivity index (χ0) is 45.4. The van der Waals surface area contributed by atoms with E-state index < -0.39 is 0 Å². The minimum Gasteiger partial charge on any atom is -0.456 e. The van der Waals surface area contributed by atoms with Crippen LogP contribution in [0.4, 0.5) is 0 Å². The van der Waals surface area contributed by atoms with Crippen LogP contribution in [0.15, 0.2) is 235 Å². The van der Waals surface area contributed by atoms with Crippen LogP contribution in [-0.2, 0) is 0 Å². The summed E-state index contributed by atoms with van der Waals surface area (Å²) >= 11 is 1.85. The first-order valence-corrected chi connectivity index (χ1v) is 24.0. The van der Waals surface area contributed by atoms with Gasteiger partial charge in [0.2, 0.25) is 0 Å². The number of furan rings is 1. The third-order valence-electron chi connectivity index (χ3n) is 13.5. The van der Waals surface area contributed by atoms with Crippen molar-refractivity contribution in [3.8, 4) is 73.2 Å². The SMILES string of the molecule is c1ccc(-c2ccc(-c3nc(-c4ccc(-c5ccccc5)cc4)nc(-c4cc(-c5ccc6c(c5)oc5ccccc56)cc(-n5c6ccccc6c6ccc7c8ccccc8sc7c65)c4)n3)cc2)cc1. The van der Waals surface area contributed by atoms with Crippen LogP contribution in [0.1, 0.15) is 0 Å². The standard InChI is InChI=1S/C63H38N4OS/c1-3-13-39(14-4-1)41-23-27-43(28-24-41)61-64-62(44-29-25-42(26-30-44)40-15-5-2-6-16-40)66-63(65-61)47-35-46(45-31-32-51-50-18-8-11-21-56(50)68-57(51)38-45)36-48(37-47)67-55-20-10-7-17-49(55)53-33-34-54-52-19-9-12-22-58(52)69-60(54)59(53)67/h1-38H. The van der Waals surface area contributed by atoms with Crippen molar-refractivity contribution in [1.29, 1.82) is 0 Å². The molecule has 0 N–H and O–H groups in total. The Labute approximate surface area is 400 Å². The summed E-state index contributed by atoms with van der Waals surface area (Å²) in [7, 11) is 0. The Kier molecular flexibility index (Phi) is 9.00. The summed E-state index contributed by atoms with van der Waals surface area (Å²) in [6.07, 6.45) is 0. The van der Waals surface area contributed by atoms with Crippen LogP contribution in [-0.4, -0.2) is 19.5 Å². The topological polar surface area (TPSA) is 56.7 Å². The molecule has 0 aliphatic rings. The molecule has 4 aromatic heterocycles. The average molecular weight is 899 g/mol. The van der Waals surface area contributed by atoms with Gasteiger partial charge in [0, 0.05) is 59.4 Å². The molecule has 0 amide bonds. The van der Waals surface area contributed by atoms with Gasteiger partial charge in [-0.2, -0.15) is 0 Å². The van der Waals surface area contributed by atoms with Crippen molar-refractivity contribution in [2.24, 2.45) is 0 Å². The maximum Gasteiger partial charge on any atom is 0.164 e. The maximum atomic E-state index is 6.49. The highest BCUT2D eigenvalue weighted by Gasteiger charge is 2.21. The second-order valence-electron chi connectivity index (χ2n) is 17.6. The van der Waals surface area contributed by atoms with Gasteiger partial charge in [-0.15, -0.1) is 11.3 Å². The molecule has 6 heteroatoms. The van der Waals surface area contributed by atoms with E-state index in [0.717, 1.165) is 83.2 Å². The van der Waals surface area contributed by atoms with Crippen LogP contribution < -0.4 is 0 Å². The second-order valence-corrected chi connectivity index (χ2v) is 18.6. The van der Waals surface area contributed by atoms with Crippen molar-refractivity contribution in [2.45, 2.75) is 0 Å². The number of fused-ring (bicyclic) bond motifs is 10. The van der Waals surface area contributed by atoms with Crippen molar-refractivity contribution < 1.29 is 4.42 Å². The molecule has 0 saturated heterocycles. The van der Waals surface area contributed by atoms with Gasteiger partial charge in [0.05, 0.1) is 15.7 Å². The molecule has 10 aromatic carbocycles. The lowest BCUT2D eigenvalue weighted by atomic mass is 9.99. The predicted octanol–water partition coefficient (Wildman–Crippen LogP) is 17.2. The van der Waals surface area contributed by atoms with Crippen LogP contribution in [0.25, 0.3) is 137 Å². The zero-order valence-electron chi connectivity index (χ0n) is 37.0. The highest BCUT2D eigenvalue weighted by Crippen LogP contribution is 2.44. The molecule has 0 aliphatic carbocycles. The first-order valence-electron chi connectivity index (χ1n) is 23.2. The number of thiophene rings is 1. The summed E-state index contributed by atoms with van der Waals surface area (Å²) in [4.78, 5) is 15.9. The Balaban J connectivity index is 1.02.